The van der Waals surface area contributed by atoms with Crippen LogP contribution in [-0.4, -0.2) is 57.7 Å². The predicted octanol–water partition coefficient (Wildman–Crippen LogP) is 2.49. The fourth-order valence-electron chi connectivity index (χ4n) is 4.02. The molecule has 2 heterocycles. The minimum Gasteiger partial charge on any atom is -0.493 e. The number of amides is 2. The number of para-hydroxylation sites is 1. The van der Waals surface area contributed by atoms with Crippen molar-refractivity contribution in [2.45, 2.75) is 6.42 Å². The third kappa shape index (κ3) is 3.21. The number of nitrogens with zero attached hydrogens (tertiary/aromatic N) is 2. The van der Waals surface area contributed by atoms with Crippen molar-refractivity contribution in [3.63, 3.8) is 0 Å². The molecule has 156 valence electrons. The van der Waals surface area contributed by atoms with E-state index in [-0.39, 0.29) is 25.0 Å². The van der Waals surface area contributed by atoms with E-state index in [1.54, 1.807) is 39.5 Å². The first-order valence-corrected chi connectivity index (χ1v) is 9.78. The van der Waals surface area contributed by atoms with Crippen LogP contribution < -0.4 is 14.4 Å². The van der Waals surface area contributed by atoms with E-state index in [1.807, 2.05) is 23.1 Å². The second-order valence-corrected chi connectivity index (χ2v) is 7.08. The molecule has 0 saturated heterocycles. The van der Waals surface area contributed by atoms with E-state index in [2.05, 4.69) is 6.07 Å². The second kappa shape index (κ2) is 8.20. The predicted molar refractivity (Wildman–Crippen MR) is 113 cm³/mol. The van der Waals surface area contributed by atoms with Gasteiger partial charge in [0.05, 0.1) is 32.9 Å². The van der Waals surface area contributed by atoms with Gasteiger partial charge in [0, 0.05) is 19.3 Å². The molecule has 0 unspecified atom stereocenters. The number of ether oxygens (including phenoxy) is 3. The highest BCUT2D eigenvalue weighted by molar-refractivity contribution is 6.36. The molecule has 0 spiro atoms. The van der Waals surface area contributed by atoms with E-state index in [9.17, 15) is 9.59 Å². The fourth-order valence-corrected chi connectivity index (χ4v) is 4.02. The van der Waals surface area contributed by atoms with Crippen LogP contribution in [0.15, 0.2) is 48.2 Å². The van der Waals surface area contributed by atoms with E-state index >= 15 is 0 Å². The number of imide groups is 1. The summed E-state index contributed by atoms with van der Waals surface area (Å²) in [5.74, 6) is 0.421. The van der Waals surface area contributed by atoms with Crippen LogP contribution in [0.4, 0.5) is 5.69 Å². The van der Waals surface area contributed by atoms with E-state index in [0.717, 1.165) is 17.7 Å². The highest BCUT2D eigenvalue weighted by atomic mass is 16.5. The van der Waals surface area contributed by atoms with E-state index < -0.39 is 0 Å². The number of carbonyl (C=O) groups excluding carboxylic acids is 2. The summed E-state index contributed by atoms with van der Waals surface area (Å²) in [6, 6.07) is 13.2. The summed E-state index contributed by atoms with van der Waals surface area (Å²) >= 11 is 0. The molecule has 2 aromatic rings. The molecule has 7 heteroatoms. The van der Waals surface area contributed by atoms with Crippen molar-refractivity contribution >= 4 is 23.1 Å². The van der Waals surface area contributed by atoms with E-state index in [1.165, 1.54) is 4.90 Å². The first-order valence-electron chi connectivity index (χ1n) is 9.78. The Kier molecular flexibility index (Phi) is 5.46. The highest BCUT2D eigenvalue weighted by Crippen LogP contribution is 2.40. The van der Waals surface area contributed by atoms with Gasteiger partial charge in [-0.05, 0) is 35.7 Å². The lowest BCUT2D eigenvalue weighted by Gasteiger charge is -2.21. The molecular weight excluding hydrogens is 384 g/mol. The van der Waals surface area contributed by atoms with Gasteiger partial charge >= 0.3 is 0 Å². The summed E-state index contributed by atoms with van der Waals surface area (Å²) in [4.78, 5) is 29.9. The van der Waals surface area contributed by atoms with Crippen molar-refractivity contribution in [1.82, 2.24) is 4.90 Å². The lowest BCUT2D eigenvalue weighted by molar-refractivity contribution is -0.137. The second-order valence-electron chi connectivity index (χ2n) is 7.08. The van der Waals surface area contributed by atoms with Crippen molar-refractivity contribution in [3.8, 4) is 11.5 Å². The number of anilines is 1. The van der Waals surface area contributed by atoms with E-state index in [0.29, 0.717) is 34.9 Å². The molecule has 0 bridgehead atoms. The fraction of sp³-hybridized carbons (Fsp3) is 0.304. The Morgan fingerprint density at radius 3 is 2.43 bits per heavy atom. The summed E-state index contributed by atoms with van der Waals surface area (Å²) in [6.45, 7) is 1.12. The number of hydrogen-bond donors (Lipinski definition) is 0. The first kappa shape index (κ1) is 20.0. The average Bonchev–Trinajstić information content (AvgIpc) is 3.30. The third-order valence-electron chi connectivity index (χ3n) is 5.49. The Balaban J connectivity index is 1.86. The van der Waals surface area contributed by atoms with Crippen LogP contribution in [0.25, 0.3) is 5.57 Å². The molecule has 0 N–H and O–H groups in total. The summed E-state index contributed by atoms with van der Waals surface area (Å²) in [5, 5.41) is 0. The molecule has 7 nitrogen and oxygen atoms in total. The van der Waals surface area contributed by atoms with Crippen LogP contribution in [0.5, 0.6) is 11.5 Å². The van der Waals surface area contributed by atoms with Gasteiger partial charge in [-0.25, -0.2) is 0 Å². The molecule has 30 heavy (non-hydrogen) atoms. The average molecular weight is 408 g/mol. The van der Waals surface area contributed by atoms with Gasteiger partial charge in [0.2, 0.25) is 0 Å². The smallest absolute Gasteiger partial charge is 0.278 e. The lowest BCUT2D eigenvalue weighted by atomic mass is 10.0. The monoisotopic (exact) mass is 408 g/mol. The molecule has 0 aromatic heterocycles. The maximum atomic E-state index is 13.4. The van der Waals surface area contributed by atoms with Crippen LogP contribution in [0.1, 0.15) is 11.1 Å². The topological polar surface area (TPSA) is 68.3 Å². The normalized spacial score (nSPS) is 15.8. The van der Waals surface area contributed by atoms with Gasteiger partial charge in [0.1, 0.15) is 5.70 Å². The maximum Gasteiger partial charge on any atom is 0.278 e. The Labute approximate surface area is 175 Å². The SMILES string of the molecule is COCCN1C(=O)C(c2ccc(OC)c(OC)c2)=C(N2CCc3ccccc32)C1=O. The molecule has 2 amide bonds. The lowest BCUT2D eigenvalue weighted by Crippen LogP contribution is -2.37. The van der Waals surface area contributed by atoms with Crippen molar-refractivity contribution in [3.05, 3.63) is 59.3 Å². The Hall–Kier alpha value is -3.32. The number of rotatable bonds is 7. The number of carbonyl (C=O) groups is 2. The van der Waals surface area contributed by atoms with Crippen molar-refractivity contribution in [2.75, 3.05) is 45.9 Å². The standard InChI is InChI=1S/C23H24N2O5/c1-28-13-12-25-22(26)20(16-8-9-18(29-2)19(14-16)30-3)21(23(25)27)24-11-10-15-6-4-5-7-17(15)24/h4-9,14H,10-13H2,1-3H3. The van der Waals surface area contributed by atoms with Crippen LogP contribution in [0.2, 0.25) is 0 Å². The van der Waals surface area contributed by atoms with Gasteiger partial charge in [-0.15, -0.1) is 0 Å². The van der Waals surface area contributed by atoms with Gasteiger partial charge in [-0.1, -0.05) is 24.3 Å². The van der Waals surface area contributed by atoms with Crippen molar-refractivity contribution < 1.29 is 23.8 Å². The van der Waals surface area contributed by atoms with Crippen molar-refractivity contribution in [2.24, 2.45) is 0 Å². The Bertz CT molecular complexity index is 1030. The molecule has 0 radical (unpaired) electrons. The minimum absolute atomic E-state index is 0.198. The van der Waals surface area contributed by atoms with Gasteiger partial charge in [-0.2, -0.15) is 0 Å². The molecule has 0 saturated carbocycles. The molecule has 4 rings (SSSR count). The van der Waals surface area contributed by atoms with E-state index in [4.69, 9.17) is 14.2 Å². The Morgan fingerprint density at radius 2 is 1.70 bits per heavy atom. The van der Waals surface area contributed by atoms with Crippen LogP contribution >= 0.6 is 0 Å². The molecule has 0 aliphatic carbocycles. The largest absolute Gasteiger partial charge is 0.493 e. The molecule has 2 aromatic carbocycles. The quantitative estimate of drug-likeness (QED) is 0.656. The highest BCUT2D eigenvalue weighted by Gasteiger charge is 2.43. The van der Waals surface area contributed by atoms with Crippen molar-refractivity contribution in [1.29, 1.82) is 0 Å². The molecule has 2 aliphatic rings. The summed E-state index contributed by atoms with van der Waals surface area (Å²) < 4.78 is 15.8. The zero-order valence-electron chi connectivity index (χ0n) is 17.3. The Morgan fingerprint density at radius 1 is 0.933 bits per heavy atom. The maximum absolute atomic E-state index is 13.4. The number of fused-ring (bicyclic) bond motifs is 1. The van der Waals surface area contributed by atoms with Crippen LogP contribution in [-0.2, 0) is 20.7 Å². The molecule has 0 atom stereocenters. The molecular formula is C23H24N2O5. The van der Waals surface area contributed by atoms with Gasteiger partial charge in [-0.3, -0.25) is 14.5 Å². The minimum atomic E-state index is -0.330. The number of hydrogen-bond acceptors (Lipinski definition) is 6. The van der Waals surface area contributed by atoms with Gasteiger partial charge in [0.15, 0.2) is 11.5 Å². The van der Waals surface area contributed by atoms with Crippen LogP contribution in [0.3, 0.4) is 0 Å². The third-order valence-corrected chi connectivity index (χ3v) is 5.49. The number of benzene rings is 2. The summed E-state index contributed by atoms with van der Waals surface area (Å²) in [6.07, 6.45) is 0.818. The zero-order valence-corrected chi connectivity index (χ0v) is 17.3. The van der Waals surface area contributed by atoms with Crippen LogP contribution in [0, 0.1) is 0 Å². The van der Waals surface area contributed by atoms with Gasteiger partial charge < -0.3 is 19.1 Å². The zero-order chi connectivity index (χ0) is 21.3. The first-order chi connectivity index (χ1) is 14.6. The summed E-state index contributed by atoms with van der Waals surface area (Å²) in [7, 11) is 4.64. The van der Waals surface area contributed by atoms with Gasteiger partial charge in [0.25, 0.3) is 11.8 Å². The number of methoxy groups -OCH3 is 3. The molecule has 2 aliphatic heterocycles. The summed E-state index contributed by atoms with van der Waals surface area (Å²) in [5.41, 5.74) is 3.50. The molecule has 0 fully saturated rings.